The van der Waals surface area contributed by atoms with Crippen LogP contribution in [-0.4, -0.2) is 10.7 Å². The summed E-state index contributed by atoms with van der Waals surface area (Å²) in [5, 5.41) is 0. The summed E-state index contributed by atoms with van der Waals surface area (Å²) in [6.07, 6.45) is 1.04. The van der Waals surface area contributed by atoms with E-state index >= 15 is 0 Å². The summed E-state index contributed by atoms with van der Waals surface area (Å²) in [6.45, 7) is 14.1. The van der Waals surface area contributed by atoms with E-state index in [1.807, 2.05) is 20.8 Å². The molecule has 2 rings (SSSR count). The maximum atomic E-state index is 4.77. The lowest BCUT2D eigenvalue weighted by atomic mass is 10.00. The SMILES string of the molecule is C=C(C)N=C(C)c1ccc(-c2ccc(C)c(CC)c2)nc1C. The first kappa shape index (κ1) is 16.2. The van der Waals surface area contributed by atoms with Gasteiger partial charge in [0, 0.05) is 28.2 Å². The van der Waals surface area contributed by atoms with Crippen LogP contribution in [0.25, 0.3) is 11.3 Å². The summed E-state index contributed by atoms with van der Waals surface area (Å²) >= 11 is 0. The van der Waals surface area contributed by atoms with Crippen molar-refractivity contribution < 1.29 is 0 Å². The summed E-state index contributed by atoms with van der Waals surface area (Å²) in [5.74, 6) is 0. The maximum Gasteiger partial charge on any atom is 0.0705 e. The van der Waals surface area contributed by atoms with Gasteiger partial charge in [0.15, 0.2) is 0 Å². The molecule has 0 atom stereocenters. The van der Waals surface area contributed by atoms with Crippen molar-refractivity contribution in [3.63, 3.8) is 0 Å². The fourth-order valence-corrected chi connectivity index (χ4v) is 2.66. The number of benzene rings is 1. The highest BCUT2D eigenvalue weighted by molar-refractivity contribution is 6.00. The van der Waals surface area contributed by atoms with Crippen molar-refractivity contribution in [3.05, 3.63) is 65.0 Å². The third kappa shape index (κ3) is 3.51. The van der Waals surface area contributed by atoms with Crippen LogP contribution >= 0.6 is 0 Å². The van der Waals surface area contributed by atoms with Crippen molar-refractivity contribution in [3.8, 4) is 11.3 Å². The van der Waals surface area contributed by atoms with Gasteiger partial charge in [0.1, 0.15) is 0 Å². The number of rotatable bonds is 4. The molecule has 1 heterocycles. The molecule has 0 amide bonds. The Labute approximate surface area is 133 Å². The van der Waals surface area contributed by atoms with Crippen LogP contribution < -0.4 is 0 Å². The lowest BCUT2D eigenvalue weighted by Crippen LogP contribution is -2.01. The molecule has 0 fully saturated rings. The zero-order valence-corrected chi connectivity index (χ0v) is 14.2. The molecule has 1 aromatic heterocycles. The Bertz CT molecular complexity index is 739. The molecule has 0 aliphatic rings. The van der Waals surface area contributed by atoms with Crippen LogP contribution in [0.4, 0.5) is 0 Å². The molecule has 0 aliphatic heterocycles. The zero-order chi connectivity index (χ0) is 16.3. The standard InChI is InChI=1S/C20H24N2/c1-7-17-12-18(9-8-14(17)4)20-11-10-19(16(6)22-20)15(5)21-13(2)3/h8-12H,2,7H2,1,3-6H3. The van der Waals surface area contributed by atoms with Crippen molar-refractivity contribution in [1.82, 2.24) is 4.98 Å². The quantitative estimate of drug-likeness (QED) is 0.705. The van der Waals surface area contributed by atoms with Crippen molar-refractivity contribution in [1.29, 1.82) is 0 Å². The minimum Gasteiger partial charge on any atom is -0.258 e. The molecule has 0 spiro atoms. The Kier molecular flexibility index (Phi) is 4.92. The highest BCUT2D eigenvalue weighted by atomic mass is 14.8. The lowest BCUT2D eigenvalue weighted by molar-refractivity contribution is 1.11. The first-order valence-corrected chi connectivity index (χ1v) is 7.71. The second-order valence-electron chi connectivity index (χ2n) is 5.76. The molecule has 114 valence electrons. The Balaban J connectivity index is 2.43. The van der Waals surface area contributed by atoms with Gasteiger partial charge in [0.05, 0.1) is 5.69 Å². The van der Waals surface area contributed by atoms with Crippen LogP contribution in [0, 0.1) is 13.8 Å². The second-order valence-corrected chi connectivity index (χ2v) is 5.76. The third-order valence-electron chi connectivity index (χ3n) is 3.86. The van der Waals surface area contributed by atoms with Gasteiger partial charge in [-0.2, -0.15) is 0 Å². The highest BCUT2D eigenvalue weighted by Crippen LogP contribution is 2.23. The van der Waals surface area contributed by atoms with Crippen LogP contribution in [0.5, 0.6) is 0 Å². The average molecular weight is 292 g/mol. The number of aryl methyl sites for hydroxylation is 3. The van der Waals surface area contributed by atoms with E-state index in [2.05, 4.69) is 55.8 Å². The van der Waals surface area contributed by atoms with E-state index in [1.54, 1.807) is 0 Å². The fraction of sp³-hybridized carbons (Fsp3) is 0.300. The molecule has 2 nitrogen and oxygen atoms in total. The molecule has 0 aliphatic carbocycles. The minimum absolute atomic E-state index is 0.812. The Hall–Kier alpha value is -2.22. The van der Waals surface area contributed by atoms with E-state index in [4.69, 9.17) is 4.98 Å². The van der Waals surface area contributed by atoms with Crippen LogP contribution in [0.1, 0.15) is 43.2 Å². The molecule has 0 unspecified atom stereocenters. The van der Waals surface area contributed by atoms with Gasteiger partial charge in [-0.05, 0) is 63.4 Å². The number of hydrogen-bond acceptors (Lipinski definition) is 2. The molecule has 0 radical (unpaired) electrons. The molecular formula is C20H24N2. The largest absolute Gasteiger partial charge is 0.258 e. The number of aromatic nitrogens is 1. The van der Waals surface area contributed by atoms with Crippen molar-refractivity contribution in [2.24, 2.45) is 4.99 Å². The van der Waals surface area contributed by atoms with Gasteiger partial charge in [-0.15, -0.1) is 0 Å². The predicted molar refractivity (Wildman–Crippen MR) is 95.6 cm³/mol. The molecule has 1 aromatic carbocycles. The molecule has 0 N–H and O–H groups in total. The smallest absolute Gasteiger partial charge is 0.0705 e. The fourth-order valence-electron chi connectivity index (χ4n) is 2.66. The first-order chi connectivity index (χ1) is 10.4. The van der Waals surface area contributed by atoms with Crippen LogP contribution in [-0.2, 0) is 6.42 Å². The number of nitrogens with zero attached hydrogens (tertiary/aromatic N) is 2. The number of hydrogen-bond donors (Lipinski definition) is 0. The maximum absolute atomic E-state index is 4.77. The highest BCUT2D eigenvalue weighted by Gasteiger charge is 2.08. The van der Waals surface area contributed by atoms with Gasteiger partial charge in [-0.3, -0.25) is 9.98 Å². The van der Waals surface area contributed by atoms with Gasteiger partial charge in [0.2, 0.25) is 0 Å². The molecule has 22 heavy (non-hydrogen) atoms. The van der Waals surface area contributed by atoms with Gasteiger partial charge >= 0.3 is 0 Å². The van der Waals surface area contributed by atoms with Gasteiger partial charge in [0.25, 0.3) is 0 Å². The van der Waals surface area contributed by atoms with E-state index in [1.165, 1.54) is 16.7 Å². The lowest BCUT2D eigenvalue weighted by Gasteiger charge is -2.10. The minimum atomic E-state index is 0.812. The monoisotopic (exact) mass is 292 g/mol. The van der Waals surface area contributed by atoms with E-state index < -0.39 is 0 Å². The number of pyridine rings is 1. The van der Waals surface area contributed by atoms with Gasteiger partial charge in [-0.25, -0.2) is 0 Å². The van der Waals surface area contributed by atoms with E-state index in [0.29, 0.717) is 0 Å². The number of aliphatic imine (C=N–C) groups is 1. The zero-order valence-electron chi connectivity index (χ0n) is 14.2. The van der Waals surface area contributed by atoms with E-state index in [9.17, 15) is 0 Å². The topological polar surface area (TPSA) is 25.2 Å². The Morgan fingerprint density at radius 1 is 1.14 bits per heavy atom. The van der Waals surface area contributed by atoms with Crippen molar-refractivity contribution in [2.45, 2.75) is 41.0 Å². The third-order valence-corrected chi connectivity index (χ3v) is 3.86. The van der Waals surface area contributed by atoms with Crippen molar-refractivity contribution >= 4 is 5.71 Å². The summed E-state index contributed by atoms with van der Waals surface area (Å²) in [5.41, 5.74) is 8.75. The molecule has 2 heteroatoms. The van der Waals surface area contributed by atoms with E-state index in [-0.39, 0.29) is 0 Å². The second kappa shape index (κ2) is 6.69. The summed E-state index contributed by atoms with van der Waals surface area (Å²) in [7, 11) is 0. The molecular weight excluding hydrogens is 268 g/mol. The summed E-state index contributed by atoms with van der Waals surface area (Å²) in [4.78, 5) is 9.20. The molecule has 0 saturated heterocycles. The Morgan fingerprint density at radius 2 is 1.86 bits per heavy atom. The summed E-state index contributed by atoms with van der Waals surface area (Å²) < 4.78 is 0. The normalized spacial score (nSPS) is 11.6. The van der Waals surface area contributed by atoms with Crippen molar-refractivity contribution in [2.75, 3.05) is 0 Å². The molecule has 2 aromatic rings. The van der Waals surface area contributed by atoms with Crippen LogP contribution in [0.2, 0.25) is 0 Å². The average Bonchev–Trinajstić information content (AvgIpc) is 2.46. The number of allylic oxidation sites excluding steroid dienone is 1. The summed E-state index contributed by atoms with van der Waals surface area (Å²) in [6, 6.07) is 10.7. The molecule has 0 saturated carbocycles. The van der Waals surface area contributed by atoms with Gasteiger partial charge < -0.3 is 0 Å². The van der Waals surface area contributed by atoms with Gasteiger partial charge in [-0.1, -0.05) is 25.6 Å². The molecule has 0 bridgehead atoms. The predicted octanol–water partition coefficient (Wildman–Crippen LogP) is 5.27. The van der Waals surface area contributed by atoms with Crippen LogP contribution in [0.3, 0.4) is 0 Å². The first-order valence-electron chi connectivity index (χ1n) is 7.71. The van der Waals surface area contributed by atoms with E-state index in [0.717, 1.165) is 34.8 Å². The Morgan fingerprint density at radius 3 is 2.45 bits per heavy atom. The van der Waals surface area contributed by atoms with Crippen LogP contribution in [0.15, 0.2) is 47.6 Å².